The number of aromatic nitrogens is 4. The van der Waals surface area contributed by atoms with Gasteiger partial charge in [0.1, 0.15) is 5.75 Å². The topological polar surface area (TPSA) is 81.9 Å². The molecule has 7 nitrogen and oxygen atoms in total. The van der Waals surface area contributed by atoms with Gasteiger partial charge < -0.3 is 10.1 Å². The van der Waals surface area contributed by atoms with Crippen molar-refractivity contribution in [1.82, 2.24) is 25.5 Å². The molecule has 0 aliphatic carbocycles. The summed E-state index contributed by atoms with van der Waals surface area (Å²) in [5.74, 6) is 1.29. The molecule has 1 aromatic heterocycles. The fourth-order valence-corrected chi connectivity index (χ4v) is 2.80. The van der Waals surface area contributed by atoms with Crippen LogP contribution in [0.15, 0.2) is 29.4 Å². The van der Waals surface area contributed by atoms with Crippen LogP contribution in [0.25, 0.3) is 0 Å². The second-order valence-corrected chi connectivity index (χ2v) is 6.38. The summed E-state index contributed by atoms with van der Waals surface area (Å²) in [6.45, 7) is 4.16. The molecule has 1 N–H and O–H groups in total. The third-order valence-corrected chi connectivity index (χ3v) is 4.38. The van der Waals surface area contributed by atoms with Gasteiger partial charge in [-0.25, -0.2) is 4.68 Å². The zero-order valence-electron chi connectivity index (χ0n) is 13.7. The minimum absolute atomic E-state index is 0.0486. The van der Waals surface area contributed by atoms with Crippen molar-refractivity contribution in [2.45, 2.75) is 25.0 Å². The molecular formula is C15H21N5O2S. The van der Waals surface area contributed by atoms with E-state index in [1.54, 1.807) is 18.8 Å². The summed E-state index contributed by atoms with van der Waals surface area (Å²) in [5, 5.41) is 14.8. The number of thioether (sulfide) groups is 1. The summed E-state index contributed by atoms with van der Waals surface area (Å²) in [4.78, 5) is 12.2. The first-order chi connectivity index (χ1) is 11.0. The van der Waals surface area contributed by atoms with Crippen molar-refractivity contribution in [3.63, 3.8) is 0 Å². The Kier molecular flexibility index (Phi) is 5.97. The van der Waals surface area contributed by atoms with E-state index >= 15 is 0 Å². The largest absolute Gasteiger partial charge is 0.497 e. The van der Waals surface area contributed by atoms with E-state index in [9.17, 15) is 4.79 Å². The zero-order valence-corrected chi connectivity index (χ0v) is 14.5. The lowest BCUT2D eigenvalue weighted by Gasteiger charge is -2.23. The van der Waals surface area contributed by atoms with Crippen LogP contribution in [-0.2, 0) is 11.8 Å². The van der Waals surface area contributed by atoms with Gasteiger partial charge in [-0.05, 0) is 34.0 Å². The first-order valence-electron chi connectivity index (χ1n) is 7.29. The lowest BCUT2D eigenvalue weighted by atomic mass is 9.96. The number of aryl methyl sites for hydroxylation is 1. The maximum absolute atomic E-state index is 12.2. The van der Waals surface area contributed by atoms with E-state index in [0.29, 0.717) is 5.16 Å². The van der Waals surface area contributed by atoms with E-state index in [1.165, 1.54) is 11.8 Å². The molecule has 2 rings (SSSR count). The van der Waals surface area contributed by atoms with Crippen LogP contribution >= 0.6 is 11.8 Å². The molecule has 0 saturated heterocycles. The number of hydrogen-bond donors (Lipinski definition) is 1. The molecule has 23 heavy (non-hydrogen) atoms. The highest BCUT2D eigenvalue weighted by atomic mass is 32.2. The summed E-state index contributed by atoms with van der Waals surface area (Å²) in [5.41, 5.74) is 1.06. The molecular weight excluding hydrogens is 314 g/mol. The number of rotatable bonds is 7. The second kappa shape index (κ2) is 7.96. The van der Waals surface area contributed by atoms with Crippen LogP contribution in [0.1, 0.15) is 25.5 Å². The third kappa shape index (κ3) is 4.69. The van der Waals surface area contributed by atoms with Crippen LogP contribution in [-0.4, -0.2) is 39.0 Å². The Labute approximate surface area is 139 Å². The summed E-state index contributed by atoms with van der Waals surface area (Å²) in [7, 11) is 3.38. The van der Waals surface area contributed by atoms with Gasteiger partial charge in [-0.2, -0.15) is 0 Å². The molecule has 1 atom stereocenters. The van der Waals surface area contributed by atoms with Crippen molar-refractivity contribution >= 4 is 17.7 Å². The second-order valence-electron chi connectivity index (χ2n) is 5.44. The van der Waals surface area contributed by atoms with Gasteiger partial charge in [0.2, 0.25) is 11.1 Å². The Morgan fingerprint density at radius 2 is 2.04 bits per heavy atom. The van der Waals surface area contributed by atoms with Crippen LogP contribution in [0.4, 0.5) is 0 Å². The number of nitrogens with zero attached hydrogens (tertiary/aromatic N) is 4. The Hall–Kier alpha value is -2.09. The highest BCUT2D eigenvalue weighted by Gasteiger charge is 2.19. The number of nitrogens with one attached hydrogen (secondary N) is 1. The quantitative estimate of drug-likeness (QED) is 0.777. The molecule has 0 spiro atoms. The highest BCUT2D eigenvalue weighted by Crippen LogP contribution is 2.24. The molecule has 1 amide bonds. The number of benzene rings is 1. The number of methoxy groups -OCH3 is 1. The molecule has 0 saturated carbocycles. The lowest BCUT2D eigenvalue weighted by Crippen LogP contribution is -2.33. The van der Waals surface area contributed by atoms with Crippen molar-refractivity contribution in [3.8, 4) is 5.75 Å². The highest BCUT2D eigenvalue weighted by molar-refractivity contribution is 7.99. The maximum atomic E-state index is 12.2. The van der Waals surface area contributed by atoms with E-state index in [1.807, 2.05) is 24.3 Å². The molecule has 2 aromatic rings. The number of carbonyl (C=O) groups excluding carboxylic acids is 1. The Morgan fingerprint density at radius 3 is 2.57 bits per heavy atom. The smallest absolute Gasteiger partial charge is 0.230 e. The number of tetrazole rings is 1. The van der Waals surface area contributed by atoms with Crippen LogP contribution in [0.5, 0.6) is 5.75 Å². The summed E-state index contributed by atoms with van der Waals surface area (Å²) in [6.07, 6.45) is 0. The van der Waals surface area contributed by atoms with E-state index in [2.05, 4.69) is 34.7 Å². The minimum Gasteiger partial charge on any atom is -0.497 e. The van der Waals surface area contributed by atoms with Crippen molar-refractivity contribution in [1.29, 1.82) is 0 Å². The number of ether oxygens (including phenoxy) is 1. The fourth-order valence-electron chi connectivity index (χ4n) is 2.13. The van der Waals surface area contributed by atoms with Crippen LogP contribution < -0.4 is 10.1 Å². The van der Waals surface area contributed by atoms with E-state index in [-0.39, 0.29) is 23.6 Å². The zero-order chi connectivity index (χ0) is 16.8. The average Bonchev–Trinajstić information content (AvgIpc) is 2.95. The predicted molar refractivity (Wildman–Crippen MR) is 88.2 cm³/mol. The summed E-state index contributed by atoms with van der Waals surface area (Å²) in [6, 6.07) is 7.70. The van der Waals surface area contributed by atoms with Gasteiger partial charge in [0.25, 0.3) is 0 Å². The first-order valence-corrected chi connectivity index (χ1v) is 8.28. The predicted octanol–water partition coefficient (Wildman–Crippen LogP) is 1.82. The maximum Gasteiger partial charge on any atom is 0.230 e. The van der Waals surface area contributed by atoms with Crippen molar-refractivity contribution in [2.75, 3.05) is 12.9 Å². The van der Waals surface area contributed by atoms with Crippen molar-refractivity contribution in [2.24, 2.45) is 13.0 Å². The summed E-state index contributed by atoms with van der Waals surface area (Å²) >= 11 is 1.31. The SMILES string of the molecule is COc1ccc([C@H](NC(=O)CSc2nnnn2C)C(C)C)cc1. The molecule has 1 heterocycles. The number of hydrogen-bond acceptors (Lipinski definition) is 6. The normalized spacial score (nSPS) is 12.2. The Balaban J connectivity index is 1.98. The van der Waals surface area contributed by atoms with Crippen LogP contribution in [0, 0.1) is 5.92 Å². The van der Waals surface area contributed by atoms with E-state index in [4.69, 9.17) is 4.74 Å². The molecule has 0 radical (unpaired) electrons. The van der Waals surface area contributed by atoms with Gasteiger partial charge in [-0.1, -0.05) is 37.7 Å². The molecule has 0 bridgehead atoms. The monoisotopic (exact) mass is 335 g/mol. The number of amides is 1. The first kappa shape index (κ1) is 17.3. The molecule has 124 valence electrons. The standard InChI is InChI=1S/C15H21N5O2S/c1-10(2)14(11-5-7-12(22-4)8-6-11)16-13(21)9-23-15-17-18-19-20(15)3/h5-8,10,14H,9H2,1-4H3,(H,16,21)/t14-/m1/s1. The lowest BCUT2D eigenvalue weighted by molar-refractivity contribution is -0.119. The Bertz CT molecular complexity index is 642. The van der Waals surface area contributed by atoms with Gasteiger partial charge >= 0.3 is 0 Å². The molecule has 8 heteroatoms. The molecule has 0 unspecified atom stereocenters. The van der Waals surface area contributed by atoms with Crippen LogP contribution in [0.3, 0.4) is 0 Å². The average molecular weight is 335 g/mol. The van der Waals surface area contributed by atoms with E-state index in [0.717, 1.165) is 11.3 Å². The third-order valence-electron chi connectivity index (χ3n) is 3.37. The fraction of sp³-hybridized carbons (Fsp3) is 0.467. The molecule has 0 fully saturated rings. The van der Waals surface area contributed by atoms with Gasteiger partial charge in [0.05, 0.1) is 18.9 Å². The number of carbonyl (C=O) groups is 1. The van der Waals surface area contributed by atoms with Gasteiger partial charge in [-0.3, -0.25) is 4.79 Å². The van der Waals surface area contributed by atoms with Crippen LogP contribution in [0.2, 0.25) is 0 Å². The van der Waals surface area contributed by atoms with Gasteiger partial charge in [0, 0.05) is 7.05 Å². The van der Waals surface area contributed by atoms with Gasteiger partial charge in [0.15, 0.2) is 0 Å². The van der Waals surface area contributed by atoms with E-state index < -0.39 is 0 Å². The molecule has 0 aliphatic rings. The minimum atomic E-state index is -0.0494. The molecule has 1 aromatic carbocycles. The van der Waals surface area contributed by atoms with Gasteiger partial charge in [-0.15, -0.1) is 5.10 Å². The van der Waals surface area contributed by atoms with Crippen molar-refractivity contribution in [3.05, 3.63) is 29.8 Å². The van der Waals surface area contributed by atoms with Crippen molar-refractivity contribution < 1.29 is 9.53 Å². The summed E-state index contributed by atoms with van der Waals surface area (Å²) < 4.78 is 6.71. The Morgan fingerprint density at radius 1 is 1.35 bits per heavy atom. The molecule has 0 aliphatic heterocycles.